The van der Waals surface area contributed by atoms with Gasteiger partial charge in [-0.05, 0) is 44.7 Å². The number of imidazole rings is 1. The van der Waals surface area contributed by atoms with Crippen molar-refractivity contribution in [2.45, 2.75) is 40.3 Å². The van der Waals surface area contributed by atoms with E-state index in [9.17, 15) is 0 Å². The molecule has 0 aliphatic carbocycles. The third-order valence-corrected chi connectivity index (χ3v) is 3.81. The van der Waals surface area contributed by atoms with Gasteiger partial charge < -0.3 is 9.88 Å². The molecule has 0 fully saturated rings. The first-order chi connectivity index (χ1) is 8.08. The second-order valence-electron chi connectivity index (χ2n) is 4.59. The first kappa shape index (κ1) is 12.2. The van der Waals surface area contributed by atoms with E-state index in [1.165, 1.54) is 10.4 Å². The lowest BCUT2D eigenvalue weighted by molar-refractivity contribution is 0.604. The van der Waals surface area contributed by atoms with Crippen LogP contribution in [0.15, 0.2) is 17.6 Å². The van der Waals surface area contributed by atoms with Crippen LogP contribution >= 0.6 is 11.3 Å². The molecule has 0 aliphatic rings. The zero-order valence-corrected chi connectivity index (χ0v) is 11.6. The van der Waals surface area contributed by atoms with Crippen molar-refractivity contribution in [3.05, 3.63) is 33.8 Å². The van der Waals surface area contributed by atoms with E-state index in [-0.39, 0.29) is 0 Å². The largest absolute Gasteiger partial charge is 0.351 e. The van der Waals surface area contributed by atoms with Crippen molar-refractivity contribution in [2.75, 3.05) is 5.32 Å². The van der Waals surface area contributed by atoms with Crippen LogP contribution in [0.4, 0.5) is 5.95 Å². The lowest BCUT2D eigenvalue weighted by Crippen LogP contribution is -2.08. The molecular formula is C13H19N3S. The van der Waals surface area contributed by atoms with Crippen LogP contribution in [0.5, 0.6) is 0 Å². The summed E-state index contributed by atoms with van der Waals surface area (Å²) in [6.07, 6.45) is 2.09. The van der Waals surface area contributed by atoms with Crippen LogP contribution in [-0.2, 0) is 6.54 Å². The van der Waals surface area contributed by atoms with E-state index in [4.69, 9.17) is 0 Å². The van der Waals surface area contributed by atoms with E-state index in [0.717, 1.165) is 18.2 Å². The molecule has 17 heavy (non-hydrogen) atoms. The van der Waals surface area contributed by atoms with Crippen LogP contribution in [0.1, 0.15) is 36.0 Å². The molecule has 2 rings (SSSR count). The Morgan fingerprint density at radius 3 is 2.76 bits per heavy atom. The van der Waals surface area contributed by atoms with E-state index in [1.807, 2.05) is 6.92 Å². The van der Waals surface area contributed by atoms with Crippen molar-refractivity contribution in [1.29, 1.82) is 0 Å². The van der Waals surface area contributed by atoms with Crippen LogP contribution in [0.25, 0.3) is 0 Å². The predicted molar refractivity (Wildman–Crippen MR) is 73.7 cm³/mol. The predicted octanol–water partition coefficient (Wildman–Crippen LogP) is 3.75. The topological polar surface area (TPSA) is 29.9 Å². The van der Waals surface area contributed by atoms with Crippen molar-refractivity contribution < 1.29 is 0 Å². The summed E-state index contributed by atoms with van der Waals surface area (Å²) in [7, 11) is 0. The third-order valence-electron chi connectivity index (χ3n) is 2.78. The number of hydrogen-bond acceptors (Lipinski definition) is 3. The van der Waals surface area contributed by atoms with Gasteiger partial charge in [-0.2, -0.15) is 0 Å². The number of nitrogens with one attached hydrogen (secondary N) is 1. The summed E-state index contributed by atoms with van der Waals surface area (Å²) in [5.74, 6) is 0.963. The molecule has 0 aromatic carbocycles. The molecule has 4 heteroatoms. The van der Waals surface area contributed by atoms with Crippen LogP contribution < -0.4 is 5.32 Å². The van der Waals surface area contributed by atoms with Crippen molar-refractivity contribution in [3.8, 4) is 0 Å². The highest BCUT2D eigenvalue weighted by Gasteiger charge is 2.08. The van der Waals surface area contributed by atoms with E-state index < -0.39 is 0 Å². The molecule has 0 saturated carbocycles. The summed E-state index contributed by atoms with van der Waals surface area (Å²) in [4.78, 5) is 5.89. The average Bonchev–Trinajstić information content (AvgIpc) is 2.82. The number of rotatable bonds is 4. The second kappa shape index (κ2) is 4.92. The number of thiophene rings is 1. The van der Waals surface area contributed by atoms with Crippen LogP contribution in [-0.4, -0.2) is 9.55 Å². The van der Waals surface area contributed by atoms with Gasteiger partial charge in [0.2, 0.25) is 5.95 Å². The van der Waals surface area contributed by atoms with E-state index in [0.29, 0.717) is 6.04 Å². The monoisotopic (exact) mass is 249 g/mol. The Balaban J connectivity index is 2.11. The first-order valence-corrected chi connectivity index (χ1v) is 6.78. The Kier molecular flexibility index (Phi) is 3.52. The number of hydrogen-bond donors (Lipinski definition) is 1. The van der Waals surface area contributed by atoms with E-state index in [2.05, 4.69) is 53.3 Å². The van der Waals surface area contributed by atoms with Crippen LogP contribution in [0, 0.1) is 13.8 Å². The molecule has 0 amide bonds. The fraction of sp³-hybridized carbons (Fsp3) is 0.462. The van der Waals surface area contributed by atoms with Crippen molar-refractivity contribution in [3.63, 3.8) is 0 Å². The maximum atomic E-state index is 4.52. The quantitative estimate of drug-likeness (QED) is 0.894. The number of aryl methyl sites for hydroxylation is 2. The van der Waals surface area contributed by atoms with Gasteiger partial charge in [-0.15, -0.1) is 11.3 Å². The third kappa shape index (κ3) is 2.69. The molecule has 2 aromatic heterocycles. The molecule has 0 saturated heterocycles. The van der Waals surface area contributed by atoms with Crippen molar-refractivity contribution >= 4 is 17.3 Å². The lowest BCUT2D eigenvalue weighted by atomic mass is 10.3. The molecule has 92 valence electrons. The minimum atomic E-state index is 0.433. The molecule has 0 radical (unpaired) electrons. The van der Waals surface area contributed by atoms with Gasteiger partial charge in [0, 0.05) is 17.1 Å². The van der Waals surface area contributed by atoms with Gasteiger partial charge in [0.25, 0.3) is 0 Å². The zero-order valence-electron chi connectivity index (χ0n) is 10.8. The molecular weight excluding hydrogens is 230 g/mol. The molecule has 1 N–H and O–H groups in total. The maximum Gasteiger partial charge on any atom is 0.203 e. The molecule has 0 aliphatic heterocycles. The molecule has 2 heterocycles. The van der Waals surface area contributed by atoms with E-state index >= 15 is 0 Å². The van der Waals surface area contributed by atoms with Crippen LogP contribution in [0.2, 0.25) is 0 Å². The van der Waals surface area contributed by atoms with Crippen LogP contribution in [0.3, 0.4) is 0 Å². The van der Waals surface area contributed by atoms with Crippen molar-refractivity contribution in [2.24, 2.45) is 0 Å². The fourth-order valence-electron chi connectivity index (χ4n) is 1.79. The highest BCUT2D eigenvalue weighted by Crippen LogP contribution is 2.19. The van der Waals surface area contributed by atoms with Crippen molar-refractivity contribution in [1.82, 2.24) is 9.55 Å². The average molecular weight is 249 g/mol. The highest BCUT2D eigenvalue weighted by molar-refractivity contribution is 7.10. The maximum absolute atomic E-state index is 4.52. The standard InChI is InChI=1S/C13H19N3S/c1-9(2)16-8-11(4)15-13(16)14-7-12-10(3)5-6-17-12/h5-6,8-9H,7H2,1-4H3,(H,14,15). The number of nitrogens with zero attached hydrogens (tertiary/aromatic N) is 2. The Labute approximate surface area is 107 Å². The normalized spacial score (nSPS) is 11.1. The summed E-state index contributed by atoms with van der Waals surface area (Å²) < 4.78 is 2.18. The van der Waals surface area contributed by atoms with Gasteiger partial charge in [0.05, 0.1) is 12.2 Å². The number of anilines is 1. The molecule has 0 spiro atoms. The van der Waals surface area contributed by atoms with E-state index in [1.54, 1.807) is 11.3 Å². The lowest BCUT2D eigenvalue weighted by Gasteiger charge is -2.12. The summed E-state index contributed by atoms with van der Waals surface area (Å²) in [6, 6.07) is 2.59. The van der Waals surface area contributed by atoms with Gasteiger partial charge in [-0.25, -0.2) is 4.98 Å². The Morgan fingerprint density at radius 2 is 2.18 bits per heavy atom. The van der Waals surface area contributed by atoms with Gasteiger partial charge in [0.15, 0.2) is 0 Å². The smallest absolute Gasteiger partial charge is 0.203 e. The highest BCUT2D eigenvalue weighted by atomic mass is 32.1. The Bertz CT molecular complexity index is 496. The molecule has 3 nitrogen and oxygen atoms in total. The van der Waals surface area contributed by atoms with Gasteiger partial charge in [0.1, 0.15) is 0 Å². The summed E-state index contributed by atoms with van der Waals surface area (Å²) in [6.45, 7) is 9.37. The van der Waals surface area contributed by atoms with Gasteiger partial charge in [-0.3, -0.25) is 0 Å². The van der Waals surface area contributed by atoms with Gasteiger partial charge >= 0.3 is 0 Å². The molecule has 0 unspecified atom stereocenters. The second-order valence-corrected chi connectivity index (χ2v) is 5.59. The summed E-state index contributed by atoms with van der Waals surface area (Å²) >= 11 is 1.79. The van der Waals surface area contributed by atoms with Gasteiger partial charge in [-0.1, -0.05) is 0 Å². The minimum absolute atomic E-state index is 0.433. The molecule has 0 atom stereocenters. The summed E-state index contributed by atoms with van der Waals surface area (Å²) in [5, 5.41) is 5.55. The minimum Gasteiger partial charge on any atom is -0.351 e. The fourth-order valence-corrected chi connectivity index (χ4v) is 2.63. The Morgan fingerprint density at radius 1 is 1.41 bits per heavy atom. The Hall–Kier alpha value is -1.29. The summed E-state index contributed by atoms with van der Waals surface area (Å²) in [5.41, 5.74) is 2.41. The first-order valence-electron chi connectivity index (χ1n) is 5.90. The SMILES string of the molecule is Cc1cn(C(C)C)c(NCc2sccc2C)n1. The molecule has 2 aromatic rings. The number of aromatic nitrogens is 2. The zero-order chi connectivity index (χ0) is 12.4. The molecule has 0 bridgehead atoms.